The largest absolute Gasteiger partial charge is 0.378 e. The average Bonchev–Trinajstić information content (AvgIpc) is 3.34. The predicted molar refractivity (Wildman–Crippen MR) is 136 cm³/mol. The summed E-state index contributed by atoms with van der Waals surface area (Å²) in [6.45, 7) is 1.96. The van der Waals surface area contributed by atoms with Crippen molar-refractivity contribution in [2.75, 3.05) is 10.6 Å². The molecule has 4 aromatic carbocycles. The molecule has 3 nitrogen and oxygen atoms in total. The lowest BCUT2D eigenvalue weighted by atomic mass is 9.76. The van der Waals surface area contributed by atoms with E-state index in [4.69, 9.17) is 0 Å². The van der Waals surface area contributed by atoms with Crippen LogP contribution in [0.15, 0.2) is 97.1 Å². The first-order valence-corrected chi connectivity index (χ1v) is 11.6. The van der Waals surface area contributed by atoms with E-state index < -0.39 is 0 Å². The van der Waals surface area contributed by atoms with E-state index in [9.17, 15) is 4.79 Å². The Kier molecular flexibility index (Phi) is 4.76. The van der Waals surface area contributed by atoms with Crippen molar-refractivity contribution in [3.8, 4) is 0 Å². The third-order valence-electron chi connectivity index (χ3n) is 7.14. The number of benzene rings is 4. The van der Waals surface area contributed by atoms with Crippen molar-refractivity contribution in [3.63, 3.8) is 0 Å². The SMILES string of the molecule is Cc1ccccc1C(=O)Nc1ccc2c(c1)C1C=CCC1C(c1ccc3ccccc3c1)N2. The van der Waals surface area contributed by atoms with Crippen LogP contribution < -0.4 is 10.6 Å². The highest BCUT2D eigenvalue weighted by molar-refractivity contribution is 6.05. The summed E-state index contributed by atoms with van der Waals surface area (Å²) in [7, 11) is 0. The van der Waals surface area contributed by atoms with Crippen LogP contribution in [0.25, 0.3) is 10.8 Å². The van der Waals surface area contributed by atoms with Gasteiger partial charge in [-0.2, -0.15) is 0 Å². The Balaban J connectivity index is 1.32. The second-order valence-corrected chi connectivity index (χ2v) is 9.15. The molecule has 0 fully saturated rings. The molecule has 162 valence electrons. The number of allylic oxidation sites excluding steroid dienone is 2. The third kappa shape index (κ3) is 3.50. The normalized spacial score (nSPS) is 20.7. The van der Waals surface area contributed by atoms with Crippen LogP contribution in [0.4, 0.5) is 11.4 Å². The minimum absolute atomic E-state index is 0.0654. The summed E-state index contributed by atoms with van der Waals surface area (Å²) in [6, 6.07) is 29.5. The Hall–Kier alpha value is -3.85. The molecule has 1 amide bonds. The second-order valence-electron chi connectivity index (χ2n) is 9.15. The fourth-order valence-electron chi connectivity index (χ4n) is 5.43. The molecule has 33 heavy (non-hydrogen) atoms. The van der Waals surface area contributed by atoms with E-state index in [1.807, 2.05) is 37.3 Å². The summed E-state index contributed by atoms with van der Waals surface area (Å²) < 4.78 is 0. The molecule has 3 atom stereocenters. The number of nitrogens with one attached hydrogen (secondary N) is 2. The summed E-state index contributed by atoms with van der Waals surface area (Å²) in [5.74, 6) is 0.735. The first-order chi connectivity index (χ1) is 16.2. The molecule has 1 aliphatic carbocycles. The summed E-state index contributed by atoms with van der Waals surface area (Å²) in [5, 5.41) is 9.47. The molecule has 2 N–H and O–H groups in total. The first kappa shape index (κ1) is 19.8. The molecule has 6 rings (SSSR count). The topological polar surface area (TPSA) is 41.1 Å². The van der Waals surface area contributed by atoms with Crippen LogP contribution in [0.3, 0.4) is 0 Å². The number of anilines is 2. The van der Waals surface area contributed by atoms with Gasteiger partial charge in [-0.1, -0.05) is 66.7 Å². The van der Waals surface area contributed by atoms with Crippen molar-refractivity contribution in [3.05, 3.63) is 119 Å². The quantitative estimate of drug-likeness (QED) is 0.337. The summed E-state index contributed by atoms with van der Waals surface area (Å²) >= 11 is 0. The van der Waals surface area contributed by atoms with Crippen LogP contribution in [0.1, 0.15) is 45.4 Å². The second kappa shape index (κ2) is 7.93. The summed E-state index contributed by atoms with van der Waals surface area (Å²) in [6.07, 6.45) is 5.69. The Bertz CT molecular complexity index is 1400. The summed E-state index contributed by atoms with van der Waals surface area (Å²) in [4.78, 5) is 12.8. The molecule has 2 aliphatic rings. The fourth-order valence-corrected chi connectivity index (χ4v) is 5.43. The molecule has 0 spiro atoms. The molecule has 1 heterocycles. The number of hydrogen-bond acceptors (Lipinski definition) is 2. The molecule has 0 saturated heterocycles. The smallest absolute Gasteiger partial charge is 0.255 e. The predicted octanol–water partition coefficient (Wildman–Crippen LogP) is 7.23. The van der Waals surface area contributed by atoms with Crippen molar-refractivity contribution in [2.24, 2.45) is 5.92 Å². The standard InChI is InChI=1S/C30H26N2O/c1-19-7-2-5-10-24(19)30(33)31-23-15-16-28-27(18-23)25-11-6-12-26(25)29(32-28)22-14-13-20-8-3-4-9-21(20)17-22/h2-11,13-18,25-26,29,32H,12H2,1H3,(H,31,33). The van der Waals surface area contributed by atoms with Crippen LogP contribution in [-0.2, 0) is 0 Å². The molecule has 3 heteroatoms. The lowest BCUT2D eigenvalue weighted by Crippen LogP contribution is -2.29. The average molecular weight is 431 g/mol. The molecule has 3 unspecified atom stereocenters. The van der Waals surface area contributed by atoms with E-state index in [1.54, 1.807) is 0 Å². The van der Waals surface area contributed by atoms with Gasteiger partial charge < -0.3 is 10.6 Å². The first-order valence-electron chi connectivity index (χ1n) is 11.6. The van der Waals surface area contributed by atoms with Crippen LogP contribution in [0.5, 0.6) is 0 Å². The maximum absolute atomic E-state index is 12.8. The molecular formula is C30H26N2O. The van der Waals surface area contributed by atoms with Crippen LogP contribution in [0, 0.1) is 12.8 Å². The van der Waals surface area contributed by atoms with Gasteiger partial charge in [0.15, 0.2) is 0 Å². The van der Waals surface area contributed by atoms with Crippen molar-refractivity contribution in [2.45, 2.75) is 25.3 Å². The third-order valence-corrected chi connectivity index (χ3v) is 7.14. The van der Waals surface area contributed by atoms with Gasteiger partial charge in [0.1, 0.15) is 0 Å². The van der Waals surface area contributed by atoms with Crippen LogP contribution >= 0.6 is 0 Å². The Morgan fingerprint density at radius 2 is 1.73 bits per heavy atom. The molecule has 0 saturated carbocycles. The maximum Gasteiger partial charge on any atom is 0.255 e. The lowest BCUT2D eigenvalue weighted by Gasteiger charge is -2.38. The van der Waals surface area contributed by atoms with Crippen molar-refractivity contribution in [1.29, 1.82) is 0 Å². The number of rotatable bonds is 3. The monoisotopic (exact) mass is 430 g/mol. The molecule has 0 aromatic heterocycles. The maximum atomic E-state index is 12.8. The number of fused-ring (bicyclic) bond motifs is 4. The molecule has 4 aromatic rings. The molecular weight excluding hydrogens is 404 g/mol. The Labute approximate surface area is 194 Å². The number of hydrogen-bond donors (Lipinski definition) is 2. The van der Waals surface area contributed by atoms with Gasteiger partial charge in [-0.25, -0.2) is 0 Å². The van der Waals surface area contributed by atoms with E-state index in [1.165, 1.54) is 21.9 Å². The van der Waals surface area contributed by atoms with E-state index >= 15 is 0 Å². The van der Waals surface area contributed by atoms with Crippen molar-refractivity contribution >= 4 is 28.1 Å². The van der Waals surface area contributed by atoms with E-state index in [0.29, 0.717) is 17.4 Å². The zero-order valence-corrected chi connectivity index (χ0v) is 18.6. The number of aryl methyl sites for hydroxylation is 1. The molecule has 0 bridgehead atoms. The van der Waals surface area contributed by atoms with E-state index in [-0.39, 0.29) is 11.9 Å². The number of amides is 1. The van der Waals surface area contributed by atoms with Crippen molar-refractivity contribution < 1.29 is 4.79 Å². The van der Waals surface area contributed by atoms with Gasteiger partial charge in [-0.05, 0) is 77.1 Å². The van der Waals surface area contributed by atoms with Gasteiger partial charge >= 0.3 is 0 Å². The molecule has 1 aliphatic heterocycles. The highest BCUT2D eigenvalue weighted by atomic mass is 16.1. The van der Waals surface area contributed by atoms with Gasteiger partial charge in [0, 0.05) is 22.9 Å². The zero-order valence-electron chi connectivity index (χ0n) is 18.6. The minimum Gasteiger partial charge on any atom is -0.378 e. The number of carbonyl (C=O) groups excluding carboxylic acids is 1. The van der Waals surface area contributed by atoms with Gasteiger partial charge in [0.05, 0.1) is 6.04 Å². The summed E-state index contributed by atoms with van der Waals surface area (Å²) in [5.41, 5.74) is 6.26. The highest BCUT2D eigenvalue weighted by Gasteiger charge is 2.38. The van der Waals surface area contributed by atoms with Gasteiger partial charge in [-0.15, -0.1) is 0 Å². The van der Waals surface area contributed by atoms with Crippen LogP contribution in [0.2, 0.25) is 0 Å². The lowest BCUT2D eigenvalue weighted by molar-refractivity contribution is 0.102. The highest BCUT2D eigenvalue weighted by Crippen LogP contribution is 2.50. The van der Waals surface area contributed by atoms with Gasteiger partial charge in [0.2, 0.25) is 0 Å². The number of carbonyl (C=O) groups is 1. The minimum atomic E-state index is -0.0654. The van der Waals surface area contributed by atoms with Crippen LogP contribution in [-0.4, -0.2) is 5.91 Å². The zero-order chi connectivity index (χ0) is 22.4. The van der Waals surface area contributed by atoms with E-state index in [0.717, 1.165) is 23.4 Å². The van der Waals surface area contributed by atoms with E-state index in [2.05, 4.69) is 77.4 Å². The molecule has 0 radical (unpaired) electrons. The Morgan fingerprint density at radius 1 is 0.909 bits per heavy atom. The fraction of sp³-hybridized carbons (Fsp3) is 0.167. The van der Waals surface area contributed by atoms with Gasteiger partial charge in [0.25, 0.3) is 5.91 Å². The van der Waals surface area contributed by atoms with Crippen molar-refractivity contribution in [1.82, 2.24) is 0 Å². The Morgan fingerprint density at radius 3 is 2.61 bits per heavy atom. The van der Waals surface area contributed by atoms with Gasteiger partial charge in [-0.3, -0.25) is 4.79 Å².